The quantitative estimate of drug-likeness (QED) is 0.664. The van der Waals surface area contributed by atoms with Gasteiger partial charge >= 0.3 is 11.9 Å². The van der Waals surface area contributed by atoms with Crippen LogP contribution in [0.25, 0.3) is 0 Å². The minimum Gasteiger partial charge on any atom is -0.308 e. The Morgan fingerprint density at radius 2 is 2.12 bits per heavy atom. The van der Waals surface area contributed by atoms with Crippen LogP contribution in [0, 0.1) is 10.1 Å². The second kappa shape index (κ2) is 6.43. The van der Waals surface area contributed by atoms with E-state index in [4.69, 9.17) is 11.6 Å². The molecule has 1 atom stereocenters. The summed E-state index contributed by atoms with van der Waals surface area (Å²) in [5.41, 5.74) is -1.36. The van der Waals surface area contributed by atoms with Crippen molar-refractivity contribution in [3.63, 3.8) is 0 Å². The molecule has 0 saturated heterocycles. The van der Waals surface area contributed by atoms with Crippen LogP contribution in [0.15, 0.2) is 24.7 Å². The molecule has 24 heavy (non-hydrogen) atoms. The van der Waals surface area contributed by atoms with Crippen LogP contribution in [-0.4, -0.2) is 25.6 Å². The number of nitrogens with zero attached hydrogens (tertiary/aromatic N) is 4. The number of aromatic nitrogens is 3. The van der Waals surface area contributed by atoms with Gasteiger partial charge in [-0.3, -0.25) is 19.6 Å². The monoisotopic (exact) mass is 363 g/mol. The van der Waals surface area contributed by atoms with Gasteiger partial charge in [-0.05, 0) is 13.0 Å². The van der Waals surface area contributed by atoms with Crippen LogP contribution in [-0.2, 0) is 11.0 Å². The van der Waals surface area contributed by atoms with E-state index in [1.807, 2.05) is 0 Å². The first-order chi connectivity index (χ1) is 11.1. The molecular formula is C12H9ClF3N5O3. The average Bonchev–Trinajstić information content (AvgIpc) is 2.97. The molecule has 0 unspecified atom stereocenters. The standard InChI is InChI=1S/C12H9ClF3N5O3/c1-6(20-5-8(4-18-20)21(23)24)11(22)19-10-9(13)2-7(3-17-10)12(14,15)16/h2-6H,1H3,(H,17,19,22)/t6-/m0/s1. The van der Waals surface area contributed by atoms with Gasteiger partial charge in [0, 0.05) is 6.20 Å². The predicted octanol–water partition coefficient (Wildman–Crippen LogP) is 3.06. The van der Waals surface area contributed by atoms with Gasteiger partial charge in [0.1, 0.15) is 18.4 Å². The second-order valence-electron chi connectivity index (χ2n) is 4.65. The first kappa shape index (κ1) is 17.7. The molecular weight excluding hydrogens is 355 g/mol. The summed E-state index contributed by atoms with van der Waals surface area (Å²) in [6.07, 6.45) is -2.06. The topological polar surface area (TPSA) is 103 Å². The van der Waals surface area contributed by atoms with E-state index < -0.39 is 33.6 Å². The van der Waals surface area contributed by atoms with Crippen molar-refractivity contribution in [3.8, 4) is 0 Å². The van der Waals surface area contributed by atoms with Gasteiger partial charge in [0.05, 0.1) is 15.5 Å². The summed E-state index contributed by atoms with van der Waals surface area (Å²) in [4.78, 5) is 25.4. The Morgan fingerprint density at radius 3 is 2.62 bits per heavy atom. The summed E-state index contributed by atoms with van der Waals surface area (Å²) in [5, 5.41) is 16.1. The number of alkyl halides is 3. The fraction of sp³-hybridized carbons (Fsp3) is 0.250. The van der Waals surface area contributed by atoms with Crippen molar-refractivity contribution in [2.75, 3.05) is 5.32 Å². The zero-order chi connectivity index (χ0) is 18.1. The van der Waals surface area contributed by atoms with Gasteiger partial charge in [-0.1, -0.05) is 11.6 Å². The highest BCUT2D eigenvalue weighted by Gasteiger charge is 2.32. The fourth-order valence-corrected chi connectivity index (χ4v) is 1.87. The van der Waals surface area contributed by atoms with Gasteiger partial charge in [0.2, 0.25) is 5.91 Å². The third-order valence-corrected chi connectivity index (χ3v) is 3.27. The maximum Gasteiger partial charge on any atom is 0.417 e. The number of carbonyl (C=O) groups excluding carboxylic acids is 1. The summed E-state index contributed by atoms with van der Waals surface area (Å²) in [5.74, 6) is -0.967. The Balaban J connectivity index is 2.15. The van der Waals surface area contributed by atoms with E-state index in [0.29, 0.717) is 12.3 Å². The molecule has 0 aliphatic rings. The van der Waals surface area contributed by atoms with E-state index in [1.165, 1.54) is 6.92 Å². The average molecular weight is 364 g/mol. The highest BCUT2D eigenvalue weighted by atomic mass is 35.5. The molecule has 0 saturated carbocycles. The summed E-state index contributed by atoms with van der Waals surface area (Å²) in [6.45, 7) is 1.39. The van der Waals surface area contributed by atoms with Crippen molar-refractivity contribution in [2.45, 2.75) is 19.1 Å². The second-order valence-corrected chi connectivity index (χ2v) is 5.06. The van der Waals surface area contributed by atoms with Gasteiger partial charge in [0.25, 0.3) is 0 Å². The van der Waals surface area contributed by atoms with Gasteiger partial charge in [-0.2, -0.15) is 18.3 Å². The van der Waals surface area contributed by atoms with Crippen LogP contribution in [0.4, 0.5) is 24.7 Å². The summed E-state index contributed by atoms with van der Waals surface area (Å²) in [7, 11) is 0. The molecule has 2 aromatic heterocycles. The van der Waals surface area contributed by atoms with E-state index in [1.54, 1.807) is 0 Å². The molecule has 0 aliphatic heterocycles. The molecule has 2 aromatic rings. The normalized spacial score (nSPS) is 12.7. The van der Waals surface area contributed by atoms with Crippen LogP contribution in [0.3, 0.4) is 0 Å². The molecule has 2 rings (SSSR count). The molecule has 1 N–H and O–H groups in total. The minimum absolute atomic E-state index is 0.261. The number of hydrogen-bond donors (Lipinski definition) is 1. The van der Waals surface area contributed by atoms with Crippen molar-refractivity contribution in [1.29, 1.82) is 0 Å². The van der Waals surface area contributed by atoms with Gasteiger partial charge in [-0.15, -0.1) is 0 Å². The van der Waals surface area contributed by atoms with Crippen molar-refractivity contribution < 1.29 is 22.9 Å². The molecule has 0 aromatic carbocycles. The highest BCUT2D eigenvalue weighted by molar-refractivity contribution is 6.33. The SMILES string of the molecule is C[C@@H](C(=O)Nc1ncc(C(F)(F)F)cc1Cl)n1cc([N+](=O)[O-])cn1. The zero-order valence-corrected chi connectivity index (χ0v) is 12.7. The molecule has 1 amide bonds. The van der Waals surface area contributed by atoms with E-state index >= 15 is 0 Å². The molecule has 0 bridgehead atoms. The van der Waals surface area contributed by atoms with E-state index in [2.05, 4.69) is 15.4 Å². The Bertz CT molecular complexity index is 792. The number of carbonyl (C=O) groups is 1. The predicted molar refractivity (Wildman–Crippen MR) is 76.5 cm³/mol. The van der Waals surface area contributed by atoms with Crippen LogP contribution in [0.5, 0.6) is 0 Å². The lowest BCUT2D eigenvalue weighted by atomic mass is 10.2. The third-order valence-electron chi connectivity index (χ3n) is 2.99. The molecule has 2 heterocycles. The van der Waals surface area contributed by atoms with E-state index in [0.717, 1.165) is 17.1 Å². The van der Waals surface area contributed by atoms with Gasteiger partial charge in [-0.25, -0.2) is 4.98 Å². The van der Waals surface area contributed by atoms with Crippen LogP contribution in [0.2, 0.25) is 5.02 Å². The van der Waals surface area contributed by atoms with Crippen LogP contribution >= 0.6 is 11.6 Å². The van der Waals surface area contributed by atoms with Gasteiger partial charge in [0.15, 0.2) is 5.82 Å². The first-order valence-corrected chi connectivity index (χ1v) is 6.69. The number of nitrogens with one attached hydrogen (secondary N) is 1. The molecule has 0 radical (unpaired) electrons. The number of halogens is 4. The Morgan fingerprint density at radius 1 is 1.46 bits per heavy atom. The lowest BCUT2D eigenvalue weighted by Crippen LogP contribution is -2.24. The van der Waals surface area contributed by atoms with Gasteiger partial charge < -0.3 is 5.32 Å². The molecule has 8 nitrogen and oxygen atoms in total. The Kier molecular flexibility index (Phi) is 4.73. The molecule has 12 heteroatoms. The van der Waals surface area contributed by atoms with Crippen molar-refractivity contribution >= 4 is 29.0 Å². The smallest absolute Gasteiger partial charge is 0.308 e. The molecule has 0 aliphatic carbocycles. The minimum atomic E-state index is -4.61. The largest absolute Gasteiger partial charge is 0.417 e. The lowest BCUT2D eigenvalue weighted by molar-refractivity contribution is -0.385. The zero-order valence-electron chi connectivity index (χ0n) is 11.9. The number of rotatable bonds is 4. The van der Waals surface area contributed by atoms with Crippen LogP contribution < -0.4 is 5.32 Å². The molecule has 0 spiro atoms. The summed E-state index contributed by atoms with van der Waals surface area (Å²) < 4.78 is 38.6. The van der Waals surface area contributed by atoms with Crippen molar-refractivity contribution in [3.05, 3.63) is 45.4 Å². The van der Waals surface area contributed by atoms with Crippen LogP contribution in [0.1, 0.15) is 18.5 Å². The summed E-state index contributed by atoms with van der Waals surface area (Å²) >= 11 is 5.69. The number of amides is 1. The number of nitro groups is 1. The van der Waals surface area contributed by atoms with E-state index in [-0.39, 0.29) is 11.5 Å². The number of anilines is 1. The highest BCUT2D eigenvalue weighted by Crippen LogP contribution is 2.32. The maximum absolute atomic E-state index is 12.5. The first-order valence-electron chi connectivity index (χ1n) is 6.31. The Hall–Kier alpha value is -2.69. The van der Waals surface area contributed by atoms with E-state index in [9.17, 15) is 28.1 Å². The molecule has 128 valence electrons. The molecule has 0 fully saturated rings. The van der Waals surface area contributed by atoms with Crippen molar-refractivity contribution in [2.24, 2.45) is 0 Å². The number of pyridine rings is 1. The maximum atomic E-state index is 12.5. The van der Waals surface area contributed by atoms with Crippen molar-refractivity contribution in [1.82, 2.24) is 14.8 Å². The third kappa shape index (κ3) is 3.79. The lowest BCUT2D eigenvalue weighted by Gasteiger charge is -2.13. The number of hydrogen-bond acceptors (Lipinski definition) is 5. The summed E-state index contributed by atoms with van der Waals surface area (Å²) in [6, 6.07) is -0.341. The Labute approximate surface area is 137 Å². The fourth-order valence-electron chi connectivity index (χ4n) is 1.66.